The van der Waals surface area contributed by atoms with Gasteiger partial charge in [0.05, 0.1) is 28.1 Å². The van der Waals surface area contributed by atoms with Crippen molar-refractivity contribution in [3.63, 3.8) is 0 Å². The highest BCUT2D eigenvalue weighted by Crippen LogP contribution is 2.29. The third-order valence-electron chi connectivity index (χ3n) is 5.11. The maximum absolute atomic E-state index is 13.5. The summed E-state index contributed by atoms with van der Waals surface area (Å²) < 4.78 is 6.77. The first-order valence-electron chi connectivity index (χ1n) is 9.93. The SMILES string of the molecule is CCOC(=O)C1CCCN(C(=O)c2cc(-c3cccs3)nn2-c2ccccc2Cl)C1. The van der Waals surface area contributed by atoms with Crippen molar-refractivity contribution in [1.29, 1.82) is 0 Å². The van der Waals surface area contributed by atoms with Crippen LogP contribution in [-0.2, 0) is 9.53 Å². The molecule has 0 spiro atoms. The number of benzene rings is 1. The number of esters is 1. The number of amides is 1. The van der Waals surface area contributed by atoms with Gasteiger partial charge in [0.25, 0.3) is 5.91 Å². The van der Waals surface area contributed by atoms with Gasteiger partial charge in [-0.3, -0.25) is 9.59 Å². The topological polar surface area (TPSA) is 64.4 Å². The number of rotatable bonds is 5. The molecule has 0 aliphatic carbocycles. The largest absolute Gasteiger partial charge is 0.466 e. The summed E-state index contributed by atoms with van der Waals surface area (Å²) in [6.07, 6.45) is 1.49. The van der Waals surface area contributed by atoms with Crippen LogP contribution in [0.5, 0.6) is 0 Å². The number of halogens is 1. The zero-order valence-electron chi connectivity index (χ0n) is 16.6. The van der Waals surface area contributed by atoms with E-state index in [1.807, 2.05) is 35.7 Å². The number of hydrogen-bond acceptors (Lipinski definition) is 5. The number of likely N-dealkylation sites (tertiary alicyclic amines) is 1. The van der Waals surface area contributed by atoms with Crippen molar-refractivity contribution in [1.82, 2.24) is 14.7 Å². The molecule has 0 radical (unpaired) electrons. The molecule has 3 heterocycles. The smallest absolute Gasteiger partial charge is 0.310 e. The van der Waals surface area contributed by atoms with Gasteiger partial charge in [0.2, 0.25) is 0 Å². The fraction of sp³-hybridized carbons (Fsp3) is 0.318. The van der Waals surface area contributed by atoms with Crippen molar-refractivity contribution in [2.24, 2.45) is 5.92 Å². The van der Waals surface area contributed by atoms with E-state index >= 15 is 0 Å². The lowest BCUT2D eigenvalue weighted by molar-refractivity contribution is -0.149. The summed E-state index contributed by atoms with van der Waals surface area (Å²) in [6.45, 7) is 3.07. The minimum atomic E-state index is -0.295. The molecule has 6 nitrogen and oxygen atoms in total. The maximum atomic E-state index is 13.5. The number of ether oxygens (including phenoxy) is 1. The Kier molecular flexibility index (Phi) is 6.20. The first kappa shape index (κ1) is 20.6. The number of nitrogens with zero attached hydrogens (tertiary/aromatic N) is 3. The molecule has 30 heavy (non-hydrogen) atoms. The molecule has 4 rings (SSSR count). The predicted molar refractivity (Wildman–Crippen MR) is 117 cm³/mol. The third-order valence-corrected chi connectivity index (χ3v) is 6.32. The minimum Gasteiger partial charge on any atom is -0.466 e. The summed E-state index contributed by atoms with van der Waals surface area (Å²) in [5.74, 6) is -0.704. The summed E-state index contributed by atoms with van der Waals surface area (Å²) in [7, 11) is 0. The molecule has 1 aromatic carbocycles. The lowest BCUT2D eigenvalue weighted by atomic mass is 9.98. The predicted octanol–water partition coefficient (Wildman–Crippen LogP) is 4.67. The van der Waals surface area contributed by atoms with Crippen molar-refractivity contribution in [3.8, 4) is 16.3 Å². The molecule has 1 saturated heterocycles. The van der Waals surface area contributed by atoms with Gasteiger partial charge in [-0.2, -0.15) is 5.10 Å². The Morgan fingerprint density at radius 2 is 2.10 bits per heavy atom. The molecule has 1 atom stereocenters. The Bertz CT molecular complexity index is 1050. The molecule has 8 heteroatoms. The quantitative estimate of drug-likeness (QED) is 0.537. The second-order valence-electron chi connectivity index (χ2n) is 7.10. The van der Waals surface area contributed by atoms with Gasteiger partial charge in [0, 0.05) is 13.1 Å². The number of aromatic nitrogens is 2. The second kappa shape index (κ2) is 9.02. The lowest BCUT2D eigenvalue weighted by Gasteiger charge is -2.31. The lowest BCUT2D eigenvalue weighted by Crippen LogP contribution is -2.43. The van der Waals surface area contributed by atoms with E-state index in [0.717, 1.165) is 17.7 Å². The average Bonchev–Trinajstić information content (AvgIpc) is 3.44. The molecule has 1 aliphatic rings. The summed E-state index contributed by atoms with van der Waals surface area (Å²) in [4.78, 5) is 28.4. The summed E-state index contributed by atoms with van der Waals surface area (Å²) in [6, 6.07) is 13.0. The van der Waals surface area contributed by atoms with Crippen molar-refractivity contribution < 1.29 is 14.3 Å². The van der Waals surface area contributed by atoms with Crippen molar-refractivity contribution >= 4 is 34.8 Å². The number of para-hydroxylation sites is 1. The number of piperidine rings is 1. The molecule has 2 aromatic heterocycles. The van der Waals surface area contributed by atoms with E-state index in [-0.39, 0.29) is 17.8 Å². The fourth-order valence-corrected chi connectivity index (χ4v) is 4.56. The maximum Gasteiger partial charge on any atom is 0.310 e. The van der Waals surface area contributed by atoms with Gasteiger partial charge in [0.15, 0.2) is 0 Å². The zero-order valence-corrected chi connectivity index (χ0v) is 18.2. The van der Waals surface area contributed by atoms with Crippen LogP contribution in [0.25, 0.3) is 16.3 Å². The second-order valence-corrected chi connectivity index (χ2v) is 8.45. The zero-order chi connectivity index (χ0) is 21.1. The first-order chi connectivity index (χ1) is 14.6. The number of carbonyl (C=O) groups is 2. The van der Waals surface area contributed by atoms with Crippen LogP contribution < -0.4 is 0 Å². The Morgan fingerprint density at radius 1 is 1.27 bits per heavy atom. The van der Waals surface area contributed by atoms with Gasteiger partial charge in [-0.15, -0.1) is 11.3 Å². The Balaban J connectivity index is 1.69. The minimum absolute atomic E-state index is 0.167. The highest BCUT2D eigenvalue weighted by molar-refractivity contribution is 7.13. The molecular formula is C22H22ClN3O3S. The number of carbonyl (C=O) groups excluding carboxylic acids is 2. The molecule has 1 amide bonds. The monoisotopic (exact) mass is 443 g/mol. The molecule has 1 unspecified atom stereocenters. The van der Waals surface area contributed by atoms with Gasteiger partial charge in [-0.25, -0.2) is 4.68 Å². The van der Waals surface area contributed by atoms with Crippen LogP contribution in [0, 0.1) is 5.92 Å². The van der Waals surface area contributed by atoms with E-state index in [1.165, 1.54) is 0 Å². The van der Waals surface area contributed by atoms with Crippen LogP contribution in [0.1, 0.15) is 30.3 Å². The van der Waals surface area contributed by atoms with Crippen LogP contribution in [0.2, 0.25) is 5.02 Å². The molecule has 1 fully saturated rings. The van der Waals surface area contributed by atoms with Crippen molar-refractivity contribution in [2.45, 2.75) is 19.8 Å². The van der Waals surface area contributed by atoms with Crippen LogP contribution in [0.15, 0.2) is 47.8 Å². The number of thiophene rings is 1. The van der Waals surface area contributed by atoms with Gasteiger partial charge in [0.1, 0.15) is 11.4 Å². The highest BCUT2D eigenvalue weighted by atomic mass is 35.5. The Hall–Kier alpha value is -2.64. The molecule has 0 bridgehead atoms. The van der Waals surface area contributed by atoms with E-state index in [0.29, 0.717) is 41.8 Å². The Labute approximate surface area is 184 Å². The summed E-state index contributed by atoms with van der Waals surface area (Å²) in [5, 5.41) is 7.17. The van der Waals surface area contributed by atoms with E-state index in [1.54, 1.807) is 40.0 Å². The molecule has 0 saturated carbocycles. The van der Waals surface area contributed by atoms with Crippen LogP contribution in [-0.4, -0.2) is 46.3 Å². The first-order valence-corrected chi connectivity index (χ1v) is 11.2. The third kappa shape index (κ3) is 4.13. The normalized spacial score (nSPS) is 16.5. The molecule has 3 aromatic rings. The highest BCUT2D eigenvalue weighted by Gasteiger charge is 2.32. The van der Waals surface area contributed by atoms with Gasteiger partial charge >= 0.3 is 5.97 Å². The standard InChI is InChI=1S/C22H22ClN3O3S/c1-2-29-22(28)15-7-5-11-25(14-15)21(27)19-13-17(20-10-6-12-30-20)24-26(19)18-9-4-3-8-16(18)23/h3-4,6,8-10,12-13,15H,2,5,7,11,14H2,1H3. The fourth-order valence-electron chi connectivity index (χ4n) is 3.66. The molecule has 0 N–H and O–H groups in total. The van der Waals surface area contributed by atoms with E-state index < -0.39 is 0 Å². The van der Waals surface area contributed by atoms with Crippen LogP contribution >= 0.6 is 22.9 Å². The van der Waals surface area contributed by atoms with Gasteiger partial charge < -0.3 is 9.64 Å². The Morgan fingerprint density at radius 3 is 2.83 bits per heavy atom. The van der Waals surface area contributed by atoms with Crippen molar-refractivity contribution in [3.05, 3.63) is 58.6 Å². The molecule has 1 aliphatic heterocycles. The molecular weight excluding hydrogens is 422 g/mol. The summed E-state index contributed by atoms with van der Waals surface area (Å²) >= 11 is 7.97. The summed E-state index contributed by atoms with van der Waals surface area (Å²) in [5.41, 5.74) is 1.78. The van der Waals surface area contributed by atoms with E-state index in [4.69, 9.17) is 16.3 Å². The number of hydrogen-bond donors (Lipinski definition) is 0. The average molecular weight is 444 g/mol. The molecule has 156 valence electrons. The van der Waals surface area contributed by atoms with Crippen LogP contribution in [0.3, 0.4) is 0 Å². The van der Waals surface area contributed by atoms with E-state index in [2.05, 4.69) is 5.10 Å². The van der Waals surface area contributed by atoms with Crippen molar-refractivity contribution in [2.75, 3.05) is 19.7 Å². The van der Waals surface area contributed by atoms with E-state index in [9.17, 15) is 9.59 Å². The van der Waals surface area contributed by atoms with Gasteiger partial charge in [-0.05, 0) is 49.4 Å². The van der Waals surface area contributed by atoms with Gasteiger partial charge in [-0.1, -0.05) is 29.8 Å². The van der Waals surface area contributed by atoms with Crippen LogP contribution in [0.4, 0.5) is 0 Å².